The van der Waals surface area contributed by atoms with Crippen molar-refractivity contribution in [3.05, 3.63) is 12.3 Å². The van der Waals surface area contributed by atoms with Crippen LogP contribution >= 0.6 is 0 Å². The summed E-state index contributed by atoms with van der Waals surface area (Å²) in [5, 5.41) is 10.9. The fourth-order valence-electron chi connectivity index (χ4n) is 2.11. The van der Waals surface area contributed by atoms with Gasteiger partial charge in [0.25, 0.3) is 0 Å². The van der Waals surface area contributed by atoms with Crippen LogP contribution in [0.1, 0.15) is 11.8 Å². The standard InChI is InChI=1S/C7H9N3O/c1-4-5(2-8-1)6(4)7-10-9-3-11-7/h3-6,8H,1-2H2/t4-,5+,6?. The maximum Gasteiger partial charge on any atom is 0.219 e. The van der Waals surface area contributed by atoms with Gasteiger partial charge in [-0.3, -0.25) is 0 Å². The lowest BCUT2D eigenvalue weighted by Crippen LogP contribution is -2.14. The van der Waals surface area contributed by atoms with Gasteiger partial charge in [-0.2, -0.15) is 0 Å². The number of rotatable bonds is 1. The number of nitrogens with zero attached hydrogens (tertiary/aromatic N) is 2. The fraction of sp³-hybridized carbons (Fsp3) is 0.714. The SMILES string of the molecule is c1nnc(C2[C@H]3CNC[C@@H]23)o1. The van der Waals surface area contributed by atoms with E-state index < -0.39 is 0 Å². The summed E-state index contributed by atoms with van der Waals surface area (Å²) in [6.07, 6.45) is 1.41. The van der Waals surface area contributed by atoms with E-state index in [9.17, 15) is 0 Å². The molecule has 2 heterocycles. The van der Waals surface area contributed by atoms with Gasteiger partial charge in [-0.1, -0.05) is 0 Å². The predicted octanol–water partition coefficient (Wildman–Crippen LogP) is 0.00240. The molecule has 4 nitrogen and oxygen atoms in total. The second kappa shape index (κ2) is 1.82. The van der Waals surface area contributed by atoms with Gasteiger partial charge in [-0.25, -0.2) is 0 Å². The van der Waals surface area contributed by atoms with Crippen LogP contribution in [0.3, 0.4) is 0 Å². The summed E-state index contributed by atoms with van der Waals surface area (Å²) >= 11 is 0. The third-order valence-corrected chi connectivity index (χ3v) is 2.75. The summed E-state index contributed by atoms with van der Waals surface area (Å²) in [5.41, 5.74) is 0. The van der Waals surface area contributed by atoms with E-state index in [1.54, 1.807) is 0 Å². The van der Waals surface area contributed by atoms with Gasteiger partial charge in [0.1, 0.15) is 0 Å². The van der Waals surface area contributed by atoms with Crippen molar-refractivity contribution in [1.29, 1.82) is 0 Å². The molecule has 1 N–H and O–H groups in total. The molecule has 1 saturated heterocycles. The monoisotopic (exact) mass is 151 g/mol. The topological polar surface area (TPSA) is 51.0 Å². The van der Waals surface area contributed by atoms with Crippen LogP contribution in [0.15, 0.2) is 10.8 Å². The highest BCUT2D eigenvalue weighted by Crippen LogP contribution is 2.54. The van der Waals surface area contributed by atoms with Crippen LogP contribution in [0, 0.1) is 11.8 Å². The van der Waals surface area contributed by atoms with E-state index in [1.807, 2.05) is 0 Å². The lowest BCUT2D eigenvalue weighted by Gasteiger charge is -1.97. The average molecular weight is 151 g/mol. The zero-order chi connectivity index (χ0) is 7.26. The molecule has 1 unspecified atom stereocenters. The number of aromatic nitrogens is 2. The quantitative estimate of drug-likeness (QED) is 0.614. The molecule has 1 aromatic rings. The zero-order valence-electron chi connectivity index (χ0n) is 6.03. The van der Waals surface area contributed by atoms with E-state index in [4.69, 9.17) is 4.42 Å². The maximum atomic E-state index is 5.14. The second-order valence-electron chi connectivity index (χ2n) is 3.29. The van der Waals surface area contributed by atoms with Gasteiger partial charge >= 0.3 is 0 Å². The molecule has 11 heavy (non-hydrogen) atoms. The second-order valence-corrected chi connectivity index (χ2v) is 3.29. The Morgan fingerprint density at radius 2 is 2.27 bits per heavy atom. The molecule has 58 valence electrons. The smallest absolute Gasteiger partial charge is 0.219 e. The Morgan fingerprint density at radius 1 is 1.45 bits per heavy atom. The molecule has 0 bridgehead atoms. The van der Waals surface area contributed by atoms with Crippen molar-refractivity contribution in [2.24, 2.45) is 11.8 Å². The van der Waals surface area contributed by atoms with Gasteiger partial charge in [0.15, 0.2) is 0 Å². The van der Waals surface area contributed by atoms with Crippen LogP contribution in [0.25, 0.3) is 0 Å². The minimum Gasteiger partial charge on any atom is -0.428 e. The van der Waals surface area contributed by atoms with Gasteiger partial charge in [-0.15, -0.1) is 10.2 Å². The van der Waals surface area contributed by atoms with Crippen molar-refractivity contribution in [3.63, 3.8) is 0 Å². The van der Waals surface area contributed by atoms with Crippen molar-refractivity contribution >= 4 is 0 Å². The summed E-state index contributed by atoms with van der Waals surface area (Å²) in [6.45, 7) is 2.25. The molecule has 1 aliphatic heterocycles. The molecule has 4 heteroatoms. The molecule has 0 radical (unpaired) electrons. The van der Waals surface area contributed by atoms with E-state index in [0.29, 0.717) is 5.92 Å². The van der Waals surface area contributed by atoms with Crippen molar-refractivity contribution < 1.29 is 4.42 Å². The van der Waals surface area contributed by atoms with Crippen molar-refractivity contribution in [2.75, 3.05) is 13.1 Å². The molecule has 2 aliphatic rings. The van der Waals surface area contributed by atoms with Crippen molar-refractivity contribution in [3.8, 4) is 0 Å². The van der Waals surface area contributed by atoms with Crippen LogP contribution in [-0.2, 0) is 0 Å². The van der Waals surface area contributed by atoms with E-state index >= 15 is 0 Å². The first kappa shape index (κ1) is 5.71. The Morgan fingerprint density at radius 3 is 2.91 bits per heavy atom. The summed E-state index contributed by atoms with van der Waals surface area (Å²) in [5.74, 6) is 2.95. The van der Waals surface area contributed by atoms with Gasteiger partial charge in [0.05, 0.1) is 0 Å². The lowest BCUT2D eigenvalue weighted by atomic mass is 10.3. The van der Waals surface area contributed by atoms with E-state index in [1.165, 1.54) is 6.39 Å². The number of fused-ring (bicyclic) bond motifs is 1. The summed E-state index contributed by atoms with van der Waals surface area (Å²) in [6, 6.07) is 0. The highest BCUT2D eigenvalue weighted by Gasteiger charge is 2.56. The molecule has 2 fully saturated rings. The van der Waals surface area contributed by atoms with Crippen LogP contribution in [0.4, 0.5) is 0 Å². The molecular formula is C7H9N3O. The maximum absolute atomic E-state index is 5.14. The summed E-state index contributed by atoms with van der Waals surface area (Å²) in [4.78, 5) is 0. The molecule has 1 saturated carbocycles. The van der Waals surface area contributed by atoms with Crippen LogP contribution in [-0.4, -0.2) is 23.3 Å². The number of hydrogen-bond acceptors (Lipinski definition) is 4. The van der Waals surface area contributed by atoms with E-state index in [-0.39, 0.29) is 0 Å². The Hall–Kier alpha value is -0.900. The van der Waals surface area contributed by atoms with Gasteiger partial charge in [-0.05, 0) is 24.9 Å². The molecule has 3 atom stereocenters. The number of piperidine rings is 1. The lowest BCUT2D eigenvalue weighted by molar-refractivity contribution is 0.471. The minimum atomic E-state index is 0.568. The van der Waals surface area contributed by atoms with Crippen LogP contribution < -0.4 is 5.32 Å². The van der Waals surface area contributed by atoms with Gasteiger partial charge in [0, 0.05) is 5.92 Å². The summed E-state index contributed by atoms with van der Waals surface area (Å²) < 4.78 is 5.14. The molecule has 0 spiro atoms. The van der Waals surface area contributed by atoms with Crippen molar-refractivity contribution in [1.82, 2.24) is 15.5 Å². The molecular weight excluding hydrogens is 142 g/mol. The highest BCUT2D eigenvalue weighted by atomic mass is 16.4. The van der Waals surface area contributed by atoms with Crippen LogP contribution in [0.5, 0.6) is 0 Å². The first-order chi connectivity index (χ1) is 5.47. The molecule has 1 aromatic heterocycles. The minimum absolute atomic E-state index is 0.568. The highest BCUT2D eigenvalue weighted by molar-refractivity contribution is 5.16. The third-order valence-electron chi connectivity index (χ3n) is 2.75. The Bertz CT molecular complexity index is 249. The van der Waals surface area contributed by atoms with Gasteiger partial charge in [0.2, 0.25) is 12.3 Å². The largest absolute Gasteiger partial charge is 0.428 e. The third kappa shape index (κ3) is 0.673. The van der Waals surface area contributed by atoms with Crippen LogP contribution in [0.2, 0.25) is 0 Å². The first-order valence-electron chi connectivity index (χ1n) is 3.93. The Kier molecular flexibility index (Phi) is 0.946. The predicted molar refractivity (Wildman–Crippen MR) is 36.9 cm³/mol. The van der Waals surface area contributed by atoms with Crippen molar-refractivity contribution in [2.45, 2.75) is 5.92 Å². The number of hydrogen-bond donors (Lipinski definition) is 1. The Balaban J connectivity index is 1.85. The normalized spacial score (nSPS) is 40.5. The summed E-state index contributed by atoms with van der Waals surface area (Å²) in [7, 11) is 0. The molecule has 1 aliphatic carbocycles. The Labute approximate surface area is 64.0 Å². The zero-order valence-corrected chi connectivity index (χ0v) is 6.03. The van der Waals surface area contributed by atoms with E-state index in [0.717, 1.165) is 30.8 Å². The first-order valence-corrected chi connectivity index (χ1v) is 3.93. The molecule has 3 rings (SSSR count). The number of nitrogens with one attached hydrogen (secondary N) is 1. The van der Waals surface area contributed by atoms with Gasteiger partial charge < -0.3 is 9.73 Å². The molecule has 0 aromatic carbocycles. The molecule has 0 amide bonds. The average Bonchev–Trinajstić information content (AvgIpc) is 2.57. The fourth-order valence-corrected chi connectivity index (χ4v) is 2.11. The van der Waals surface area contributed by atoms with E-state index in [2.05, 4.69) is 15.5 Å².